The summed E-state index contributed by atoms with van der Waals surface area (Å²) in [6.45, 7) is 3.83. The lowest BCUT2D eigenvalue weighted by Crippen LogP contribution is -2.05. The lowest BCUT2D eigenvalue weighted by atomic mass is 10.1. The fourth-order valence-corrected chi connectivity index (χ4v) is 2.13. The number of thiazole rings is 1. The predicted molar refractivity (Wildman–Crippen MR) is 62.8 cm³/mol. The second-order valence-corrected chi connectivity index (χ2v) is 4.79. The van der Waals surface area contributed by atoms with Gasteiger partial charge in [-0.05, 0) is 13.8 Å². The summed E-state index contributed by atoms with van der Waals surface area (Å²) in [5.74, 6) is 0.0795. The molecule has 0 atom stereocenters. The minimum Gasteiger partial charge on any atom is -0.294 e. The van der Waals surface area contributed by atoms with Crippen molar-refractivity contribution in [2.45, 2.75) is 20.3 Å². The maximum atomic E-state index is 12.0. The summed E-state index contributed by atoms with van der Waals surface area (Å²) in [6.07, 6.45) is 1.98. The first-order valence-corrected chi connectivity index (χ1v) is 5.88. The third kappa shape index (κ3) is 2.04. The molecule has 0 amide bonds. The molecule has 16 heavy (non-hydrogen) atoms. The van der Waals surface area contributed by atoms with Crippen molar-refractivity contribution in [3.63, 3.8) is 0 Å². The molecule has 0 saturated carbocycles. The van der Waals surface area contributed by atoms with Gasteiger partial charge >= 0.3 is 0 Å². The molecule has 2 aromatic heterocycles. The van der Waals surface area contributed by atoms with Crippen LogP contribution in [-0.4, -0.2) is 20.5 Å². The molecule has 0 N–H and O–H groups in total. The van der Waals surface area contributed by atoms with Gasteiger partial charge in [0.2, 0.25) is 0 Å². The number of ketones is 1. The topological polar surface area (TPSA) is 47.8 Å². The molecular weight excluding hydrogens is 222 g/mol. The first-order valence-electron chi connectivity index (χ1n) is 5.00. The third-order valence-electron chi connectivity index (χ3n) is 2.54. The predicted octanol–water partition coefficient (Wildman–Crippen LogP) is 1.92. The van der Waals surface area contributed by atoms with Crippen LogP contribution in [0.2, 0.25) is 0 Å². The van der Waals surface area contributed by atoms with E-state index in [0.717, 1.165) is 16.4 Å². The Bertz CT molecular complexity index is 527. The molecule has 0 bridgehead atoms. The van der Waals surface area contributed by atoms with Crippen LogP contribution in [0.5, 0.6) is 0 Å². The summed E-state index contributed by atoms with van der Waals surface area (Å²) in [5, 5.41) is 6.98. The van der Waals surface area contributed by atoms with Crippen LogP contribution in [0.3, 0.4) is 0 Å². The highest BCUT2D eigenvalue weighted by Gasteiger charge is 2.14. The fourth-order valence-electron chi connectivity index (χ4n) is 1.52. The van der Waals surface area contributed by atoms with Gasteiger partial charge in [0, 0.05) is 18.1 Å². The second-order valence-electron chi connectivity index (χ2n) is 3.73. The van der Waals surface area contributed by atoms with E-state index in [1.54, 1.807) is 22.2 Å². The summed E-state index contributed by atoms with van der Waals surface area (Å²) in [5.41, 5.74) is 2.43. The molecule has 0 saturated heterocycles. The molecule has 0 aromatic carbocycles. The van der Waals surface area contributed by atoms with Crippen molar-refractivity contribution in [1.29, 1.82) is 0 Å². The Morgan fingerprint density at radius 3 is 2.75 bits per heavy atom. The van der Waals surface area contributed by atoms with Gasteiger partial charge in [-0.3, -0.25) is 9.48 Å². The Morgan fingerprint density at radius 1 is 1.50 bits per heavy atom. The third-order valence-corrected chi connectivity index (χ3v) is 3.37. The number of aryl methyl sites for hydroxylation is 2. The standard InChI is InChI=1S/C11H13N3OS/c1-7-10(5-12-14(7)3)11(15)4-9-6-16-8(2)13-9/h5-6H,4H2,1-3H3. The van der Waals surface area contributed by atoms with Gasteiger partial charge in [0.25, 0.3) is 0 Å². The van der Waals surface area contributed by atoms with E-state index in [0.29, 0.717) is 12.0 Å². The SMILES string of the molecule is Cc1nc(CC(=O)c2cnn(C)c2C)cs1. The van der Waals surface area contributed by atoms with Gasteiger partial charge in [0.05, 0.1) is 28.9 Å². The van der Waals surface area contributed by atoms with E-state index in [1.165, 1.54) is 0 Å². The number of hydrogen-bond acceptors (Lipinski definition) is 4. The highest BCUT2D eigenvalue weighted by molar-refractivity contribution is 7.09. The number of aromatic nitrogens is 3. The zero-order valence-corrected chi connectivity index (χ0v) is 10.3. The van der Waals surface area contributed by atoms with Crippen LogP contribution in [-0.2, 0) is 13.5 Å². The number of Topliss-reactive ketones (excluding diaryl/α,β-unsaturated/α-hetero) is 1. The second kappa shape index (κ2) is 4.17. The van der Waals surface area contributed by atoms with Crippen molar-refractivity contribution in [2.24, 2.45) is 7.05 Å². The van der Waals surface area contributed by atoms with E-state index in [9.17, 15) is 4.79 Å². The van der Waals surface area contributed by atoms with Crippen molar-refractivity contribution in [2.75, 3.05) is 0 Å². The monoisotopic (exact) mass is 235 g/mol. The summed E-state index contributed by atoms with van der Waals surface area (Å²) in [4.78, 5) is 16.3. The molecule has 84 valence electrons. The normalized spacial score (nSPS) is 10.7. The number of hydrogen-bond donors (Lipinski definition) is 0. The Hall–Kier alpha value is -1.49. The molecule has 4 nitrogen and oxygen atoms in total. The van der Waals surface area contributed by atoms with Gasteiger partial charge in [0.1, 0.15) is 0 Å². The molecule has 2 heterocycles. The number of rotatable bonds is 3. The smallest absolute Gasteiger partial charge is 0.172 e. The first kappa shape index (κ1) is 11.0. The quantitative estimate of drug-likeness (QED) is 0.764. The van der Waals surface area contributed by atoms with Gasteiger partial charge in [0.15, 0.2) is 5.78 Å². The van der Waals surface area contributed by atoms with Gasteiger partial charge in [-0.15, -0.1) is 11.3 Å². The van der Waals surface area contributed by atoms with Crippen LogP contribution in [0.15, 0.2) is 11.6 Å². The van der Waals surface area contributed by atoms with Crippen molar-refractivity contribution < 1.29 is 4.79 Å². The zero-order valence-electron chi connectivity index (χ0n) is 9.52. The lowest BCUT2D eigenvalue weighted by Gasteiger charge is -1.98. The maximum absolute atomic E-state index is 12.0. The maximum Gasteiger partial charge on any atom is 0.172 e. The van der Waals surface area contributed by atoms with Crippen molar-refractivity contribution in [3.8, 4) is 0 Å². The van der Waals surface area contributed by atoms with Crippen molar-refractivity contribution in [1.82, 2.24) is 14.8 Å². The number of carbonyl (C=O) groups is 1. The molecule has 0 radical (unpaired) electrons. The van der Waals surface area contributed by atoms with Crippen LogP contribution in [0.25, 0.3) is 0 Å². The van der Waals surface area contributed by atoms with Crippen LogP contribution in [0, 0.1) is 13.8 Å². The van der Waals surface area contributed by atoms with E-state index in [4.69, 9.17) is 0 Å². The molecule has 2 rings (SSSR count). The Labute approximate surface area is 97.9 Å². The van der Waals surface area contributed by atoms with Gasteiger partial charge < -0.3 is 0 Å². The molecule has 2 aromatic rings. The zero-order chi connectivity index (χ0) is 11.7. The van der Waals surface area contributed by atoms with Crippen LogP contribution >= 0.6 is 11.3 Å². The molecule has 0 aliphatic rings. The van der Waals surface area contributed by atoms with Crippen molar-refractivity contribution in [3.05, 3.63) is 33.5 Å². The highest BCUT2D eigenvalue weighted by atomic mass is 32.1. The molecule has 5 heteroatoms. The van der Waals surface area contributed by atoms with E-state index in [-0.39, 0.29) is 5.78 Å². The Balaban J connectivity index is 2.18. The molecule has 0 fully saturated rings. The first-order chi connectivity index (χ1) is 7.58. The molecule has 0 aliphatic heterocycles. The van der Waals surface area contributed by atoms with Crippen LogP contribution in [0.1, 0.15) is 26.8 Å². The van der Waals surface area contributed by atoms with E-state index in [1.807, 2.05) is 26.3 Å². The summed E-state index contributed by atoms with van der Waals surface area (Å²) in [6, 6.07) is 0. The molecular formula is C11H13N3OS. The minimum atomic E-state index is 0.0795. The molecule has 0 unspecified atom stereocenters. The highest BCUT2D eigenvalue weighted by Crippen LogP contribution is 2.13. The average Bonchev–Trinajstić information content (AvgIpc) is 2.76. The summed E-state index contributed by atoms with van der Waals surface area (Å²) in [7, 11) is 1.83. The fraction of sp³-hybridized carbons (Fsp3) is 0.364. The van der Waals surface area contributed by atoms with E-state index < -0.39 is 0 Å². The summed E-state index contributed by atoms with van der Waals surface area (Å²) < 4.78 is 1.71. The minimum absolute atomic E-state index is 0.0795. The average molecular weight is 235 g/mol. The van der Waals surface area contributed by atoms with Gasteiger partial charge in [-0.1, -0.05) is 0 Å². The van der Waals surface area contributed by atoms with E-state index >= 15 is 0 Å². The number of nitrogens with zero attached hydrogens (tertiary/aromatic N) is 3. The van der Waals surface area contributed by atoms with Gasteiger partial charge in [-0.2, -0.15) is 5.10 Å². The van der Waals surface area contributed by atoms with Crippen molar-refractivity contribution >= 4 is 17.1 Å². The van der Waals surface area contributed by atoms with Crippen LogP contribution in [0.4, 0.5) is 0 Å². The Morgan fingerprint density at radius 2 is 2.25 bits per heavy atom. The lowest BCUT2D eigenvalue weighted by molar-refractivity contribution is 0.0991. The number of carbonyl (C=O) groups excluding carboxylic acids is 1. The molecule has 0 spiro atoms. The largest absolute Gasteiger partial charge is 0.294 e. The Kier molecular flexibility index (Phi) is 2.87. The van der Waals surface area contributed by atoms with E-state index in [2.05, 4.69) is 10.1 Å². The van der Waals surface area contributed by atoms with Crippen LogP contribution < -0.4 is 0 Å². The molecule has 0 aliphatic carbocycles. The van der Waals surface area contributed by atoms with Gasteiger partial charge in [-0.25, -0.2) is 4.98 Å². The summed E-state index contributed by atoms with van der Waals surface area (Å²) >= 11 is 1.57.